The minimum Gasteiger partial charge on any atom is -0.383 e. The van der Waals surface area contributed by atoms with Crippen LogP contribution in [0.25, 0.3) is 0 Å². The van der Waals surface area contributed by atoms with E-state index in [0.29, 0.717) is 12.6 Å². The largest absolute Gasteiger partial charge is 0.383 e. The molecule has 0 radical (unpaired) electrons. The van der Waals surface area contributed by atoms with E-state index >= 15 is 0 Å². The molecule has 5 nitrogen and oxygen atoms in total. The zero-order chi connectivity index (χ0) is 19.9. The van der Waals surface area contributed by atoms with Crippen LogP contribution in [0.2, 0.25) is 0 Å². The Morgan fingerprint density at radius 2 is 1.75 bits per heavy atom. The van der Waals surface area contributed by atoms with Crippen molar-refractivity contribution < 1.29 is 4.74 Å². The fraction of sp³-hybridized carbons (Fsp3) is 0.565. The second-order valence-corrected chi connectivity index (χ2v) is 8.05. The molecule has 1 aromatic carbocycles. The number of hydrogen-bond donors (Lipinski definition) is 0. The van der Waals surface area contributed by atoms with Crippen LogP contribution in [0.5, 0.6) is 0 Å². The number of aromatic nitrogens is 2. The average Bonchev–Trinajstić information content (AvgIpc) is 2.71. The summed E-state index contributed by atoms with van der Waals surface area (Å²) in [5, 5.41) is 0. The molecule has 1 saturated carbocycles. The smallest absolute Gasteiger partial charge is 0.227 e. The third-order valence-electron chi connectivity index (χ3n) is 5.53. The van der Waals surface area contributed by atoms with Gasteiger partial charge >= 0.3 is 0 Å². The number of hydrogen-bond acceptors (Lipinski definition) is 5. The van der Waals surface area contributed by atoms with Crippen LogP contribution in [0.3, 0.4) is 0 Å². The summed E-state index contributed by atoms with van der Waals surface area (Å²) in [5.74, 6) is 1.81. The van der Waals surface area contributed by atoms with Gasteiger partial charge in [-0.3, -0.25) is 0 Å². The van der Waals surface area contributed by atoms with E-state index < -0.39 is 0 Å². The third kappa shape index (κ3) is 5.44. The molecule has 0 saturated heterocycles. The molecule has 1 aliphatic rings. The Balaban J connectivity index is 1.91. The second kappa shape index (κ2) is 9.87. The normalized spacial score (nSPS) is 14.9. The monoisotopic (exact) mass is 382 g/mol. The maximum Gasteiger partial charge on any atom is 0.227 e. The fourth-order valence-corrected chi connectivity index (χ4v) is 3.86. The van der Waals surface area contributed by atoms with E-state index in [0.717, 1.165) is 30.4 Å². The minimum absolute atomic E-state index is 0.508. The standard InChI is InChI=1S/C23H34N4O/c1-18-10-12-19(13-11-18)16-20-17-22(26(2)3)25-23(24-20)27(14-15-28-4)21-8-6-5-7-9-21/h10-13,17,21H,5-9,14-16H2,1-4H3. The van der Waals surface area contributed by atoms with Crippen LogP contribution in [0.4, 0.5) is 11.8 Å². The molecule has 3 rings (SSSR count). The molecular formula is C23H34N4O. The average molecular weight is 383 g/mol. The van der Waals surface area contributed by atoms with Crippen molar-refractivity contribution in [1.29, 1.82) is 0 Å². The van der Waals surface area contributed by atoms with Crippen molar-refractivity contribution in [3.05, 3.63) is 47.2 Å². The molecule has 1 heterocycles. The summed E-state index contributed by atoms with van der Waals surface area (Å²) >= 11 is 0. The Bertz CT molecular complexity index is 739. The van der Waals surface area contributed by atoms with Gasteiger partial charge in [-0.2, -0.15) is 4.98 Å². The lowest BCUT2D eigenvalue weighted by atomic mass is 9.94. The van der Waals surface area contributed by atoms with Crippen molar-refractivity contribution in [2.75, 3.05) is 44.2 Å². The van der Waals surface area contributed by atoms with Crippen molar-refractivity contribution in [3.63, 3.8) is 0 Å². The maximum absolute atomic E-state index is 5.39. The number of rotatable bonds is 8. The highest BCUT2D eigenvalue weighted by Gasteiger charge is 2.24. The van der Waals surface area contributed by atoms with Crippen molar-refractivity contribution in [3.8, 4) is 0 Å². The molecule has 0 unspecified atom stereocenters. The van der Waals surface area contributed by atoms with E-state index in [-0.39, 0.29) is 0 Å². The number of benzene rings is 1. The zero-order valence-electron chi connectivity index (χ0n) is 17.8. The second-order valence-electron chi connectivity index (χ2n) is 8.05. The van der Waals surface area contributed by atoms with E-state index in [2.05, 4.69) is 47.1 Å². The molecule has 2 aromatic rings. The molecule has 0 atom stereocenters. The van der Waals surface area contributed by atoms with E-state index in [9.17, 15) is 0 Å². The van der Waals surface area contributed by atoms with Gasteiger partial charge in [0.1, 0.15) is 5.82 Å². The summed E-state index contributed by atoms with van der Waals surface area (Å²) in [6, 6.07) is 11.3. The highest BCUT2D eigenvalue weighted by atomic mass is 16.5. The molecule has 28 heavy (non-hydrogen) atoms. The summed E-state index contributed by atoms with van der Waals surface area (Å²) in [6.45, 7) is 3.65. The molecule has 1 aliphatic carbocycles. The molecule has 0 bridgehead atoms. The van der Waals surface area contributed by atoms with E-state index in [4.69, 9.17) is 14.7 Å². The van der Waals surface area contributed by atoms with Crippen LogP contribution in [0.1, 0.15) is 48.9 Å². The van der Waals surface area contributed by atoms with Gasteiger partial charge in [-0.1, -0.05) is 49.1 Å². The minimum atomic E-state index is 0.508. The van der Waals surface area contributed by atoms with Gasteiger partial charge in [-0.25, -0.2) is 4.98 Å². The van der Waals surface area contributed by atoms with Crippen LogP contribution in [0, 0.1) is 6.92 Å². The predicted molar refractivity (Wildman–Crippen MR) is 116 cm³/mol. The topological polar surface area (TPSA) is 41.5 Å². The van der Waals surface area contributed by atoms with Crippen LogP contribution < -0.4 is 9.80 Å². The molecule has 5 heteroatoms. The van der Waals surface area contributed by atoms with Crippen LogP contribution in [-0.4, -0.2) is 50.4 Å². The summed E-state index contributed by atoms with van der Waals surface area (Å²) in [4.78, 5) is 14.3. The van der Waals surface area contributed by atoms with Gasteiger partial charge in [0.05, 0.1) is 12.3 Å². The lowest BCUT2D eigenvalue weighted by molar-refractivity contribution is 0.200. The van der Waals surface area contributed by atoms with Crippen molar-refractivity contribution in [2.45, 2.75) is 51.5 Å². The Kier molecular flexibility index (Phi) is 7.26. The van der Waals surface area contributed by atoms with Crippen molar-refractivity contribution in [1.82, 2.24) is 9.97 Å². The summed E-state index contributed by atoms with van der Waals surface area (Å²) in [7, 11) is 5.85. The third-order valence-corrected chi connectivity index (χ3v) is 5.53. The van der Waals surface area contributed by atoms with Gasteiger partial charge in [0.2, 0.25) is 5.95 Å². The lowest BCUT2D eigenvalue weighted by Gasteiger charge is -2.35. The van der Waals surface area contributed by atoms with Crippen LogP contribution in [-0.2, 0) is 11.2 Å². The first-order valence-corrected chi connectivity index (χ1v) is 10.4. The molecule has 0 N–H and O–H groups in total. The molecule has 0 amide bonds. The number of anilines is 2. The van der Waals surface area contributed by atoms with E-state index in [1.165, 1.54) is 43.2 Å². The molecule has 1 aromatic heterocycles. The Hall–Kier alpha value is -2.14. The Morgan fingerprint density at radius 3 is 2.39 bits per heavy atom. The quantitative estimate of drug-likeness (QED) is 0.683. The van der Waals surface area contributed by atoms with E-state index in [1.807, 2.05) is 14.1 Å². The van der Waals surface area contributed by atoms with Gasteiger partial charge in [0.25, 0.3) is 0 Å². The van der Waals surface area contributed by atoms with Gasteiger partial charge in [0.15, 0.2) is 0 Å². The van der Waals surface area contributed by atoms with Gasteiger partial charge < -0.3 is 14.5 Å². The summed E-state index contributed by atoms with van der Waals surface area (Å²) < 4.78 is 5.39. The van der Waals surface area contributed by atoms with Crippen molar-refractivity contribution >= 4 is 11.8 Å². The zero-order valence-corrected chi connectivity index (χ0v) is 17.8. The van der Waals surface area contributed by atoms with Crippen molar-refractivity contribution in [2.24, 2.45) is 0 Å². The summed E-state index contributed by atoms with van der Waals surface area (Å²) in [5.41, 5.74) is 3.63. The molecule has 152 valence electrons. The molecule has 1 fully saturated rings. The Labute approximate surface area is 169 Å². The van der Waals surface area contributed by atoms with Crippen LogP contribution >= 0.6 is 0 Å². The molecule has 0 spiro atoms. The summed E-state index contributed by atoms with van der Waals surface area (Å²) in [6.07, 6.45) is 7.17. The first-order valence-electron chi connectivity index (χ1n) is 10.4. The maximum atomic E-state index is 5.39. The number of methoxy groups -OCH3 is 1. The number of ether oxygens (including phenoxy) is 1. The number of nitrogens with zero attached hydrogens (tertiary/aromatic N) is 4. The van der Waals surface area contributed by atoms with Gasteiger partial charge in [-0.05, 0) is 25.3 Å². The lowest BCUT2D eigenvalue weighted by Crippen LogP contribution is -2.40. The van der Waals surface area contributed by atoms with Gasteiger partial charge in [0, 0.05) is 46.3 Å². The number of aryl methyl sites for hydroxylation is 1. The van der Waals surface area contributed by atoms with Gasteiger partial charge in [-0.15, -0.1) is 0 Å². The fourth-order valence-electron chi connectivity index (χ4n) is 3.86. The Morgan fingerprint density at radius 1 is 1.04 bits per heavy atom. The first-order chi connectivity index (χ1) is 13.6. The molecular weight excluding hydrogens is 348 g/mol. The predicted octanol–water partition coefficient (Wildman–Crippen LogP) is 4.23. The van der Waals surface area contributed by atoms with E-state index in [1.54, 1.807) is 7.11 Å². The molecule has 0 aliphatic heterocycles. The highest BCUT2D eigenvalue weighted by molar-refractivity contribution is 5.46. The SMILES string of the molecule is COCCN(c1nc(Cc2ccc(C)cc2)cc(N(C)C)n1)C1CCCCC1. The first kappa shape index (κ1) is 20.6. The highest BCUT2D eigenvalue weighted by Crippen LogP contribution is 2.27. The van der Waals surface area contributed by atoms with Crippen LogP contribution in [0.15, 0.2) is 30.3 Å².